The van der Waals surface area contributed by atoms with E-state index in [1.165, 1.54) is 24.3 Å². The van der Waals surface area contributed by atoms with E-state index in [-0.39, 0.29) is 23.6 Å². The number of rotatable bonds is 5. The number of alkyl halides is 1. The summed E-state index contributed by atoms with van der Waals surface area (Å²) in [4.78, 5) is 21.8. The molecule has 18 heavy (non-hydrogen) atoms. The predicted octanol–water partition coefficient (Wildman–Crippen LogP) is 2.59. The van der Waals surface area contributed by atoms with Crippen LogP contribution in [-0.4, -0.2) is 22.8 Å². The van der Waals surface area contributed by atoms with E-state index in [9.17, 15) is 14.9 Å². The van der Waals surface area contributed by atoms with Crippen LogP contribution < -0.4 is 5.32 Å². The SMILES string of the molecule is CC(CCl)C(C)NC(=O)c1ccc([N+](=O)[O-])cc1. The number of nitro benzene ring substituents is 1. The Morgan fingerprint density at radius 3 is 2.39 bits per heavy atom. The number of carbonyl (C=O) groups excluding carboxylic acids is 1. The van der Waals surface area contributed by atoms with Crippen molar-refractivity contribution in [1.29, 1.82) is 0 Å². The van der Waals surface area contributed by atoms with E-state index >= 15 is 0 Å². The highest BCUT2D eigenvalue weighted by atomic mass is 35.5. The van der Waals surface area contributed by atoms with Crippen LogP contribution in [0, 0.1) is 16.0 Å². The highest BCUT2D eigenvalue weighted by molar-refractivity contribution is 6.18. The number of nitro groups is 1. The first-order valence-electron chi connectivity index (χ1n) is 5.57. The van der Waals surface area contributed by atoms with Gasteiger partial charge in [-0.1, -0.05) is 6.92 Å². The Morgan fingerprint density at radius 2 is 1.94 bits per heavy atom. The van der Waals surface area contributed by atoms with Gasteiger partial charge in [0.15, 0.2) is 0 Å². The maximum Gasteiger partial charge on any atom is 0.269 e. The van der Waals surface area contributed by atoms with Gasteiger partial charge >= 0.3 is 0 Å². The lowest BCUT2D eigenvalue weighted by Crippen LogP contribution is -2.37. The van der Waals surface area contributed by atoms with Crippen LogP contribution in [0.5, 0.6) is 0 Å². The molecule has 1 amide bonds. The molecule has 0 bridgehead atoms. The monoisotopic (exact) mass is 270 g/mol. The maximum absolute atomic E-state index is 11.8. The smallest absolute Gasteiger partial charge is 0.269 e. The minimum Gasteiger partial charge on any atom is -0.349 e. The summed E-state index contributed by atoms with van der Waals surface area (Å²) in [6.07, 6.45) is 0. The molecule has 0 saturated carbocycles. The molecule has 0 aliphatic carbocycles. The standard InChI is InChI=1S/C12H15ClN2O3/c1-8(7-13)9(2)14-12(16)10-3-5-11(6-4-10)15(17)18/h3-6,8-9H,7H2,1-2H3,(H,14,16). The van der Waals surface area contributed by atoms with Crippen molar-refractivity contribution in [3.05, 3.63) is 39.9 Å². The van der Waals surface area contributed by atoms with Gasteiger partial charge < -0.3 is 5.32 Å². The van der Waals surface area contributed by atoms with E-state index < -0.39 is 4.92 Å². The third-order valence-electron chi connectivity index (χ3n) is 2.80. The Bertz CT molecular complexity index is 433. The second kappa shape index (κ2) is 6.35. The average Bonchev–Trinajstić information content (AvgIpc) is 2.37. The van der Waals surface area contributed by atoms with Crippen LogP contribution in [0.15, 0.2) is 24.3 Å². The number of carbonyl (C=O) groups is 1. The second-order valence-electron chi connectivity index (χ2n) is 4.20. The van der Waals surface area contributed by atoms with Crippen molar-refractivity contribution in [1.82, 2.24) is 5.32 Å². The first-order valence-corrected chi connectivity index (χ1v) is 6.10. The summed E-state index contributed by atoms with van der Waals surface area (Å²) < 4.78 is 0. The zero-order valence-electron chi connectivity index (χ0n) is 10.2. The first kappa shape index (κ1) is 14.4. The lowest BCUT2D eigenvalue weighted by molar-refractivity contribution is -0.384. The molecule has 98 valence electrons. The molecule has 0 aliphatic rings. The molecular formula is C12H15ClN2O3. The van der Waals surface area contributed by atoms with E-state index in [0.29, 0.717) is 11.4 Å². The molecule has 0 saturated heterocycles. The molecule has 5 nitrogen and oxygen atoms in total. The number of nitrogens with one attached hydrogen (secondary N) is 1. The van der Waals surface area contributed by atoms with Gasteiger partial charge in [0.25, 0.3) is 11.6 Å². The highest BCUT2D eigenvalue weighted by Gasteiger charge is 2.15. The van der Waals surface area contributed by atoms with E-state index in [1.54, 1.807) is 0 Å². The van der Waals surface area contributed by atoms with Crippen LogP contribution >= 0.6 is 11.6 Å². The number of non-ortho nitro benzene ring substituents is 1. The summed E-state index contributed by atoms with van der Waals surface area (Å²) in [5, 5.41) is 13.3. The van der Waals surface area contributed by atoms with Crippen LogP contribution in [0.3, 0.4) is 0 Å². The minimum atomic E-state index is -0.500. The van der Waals surface area contributed by atoms with Crippen molar-refractivity contribution in [2.75, 3.05) is 5.88 Å². The van der Waals surface area contributed by atoms with Crippen molar-refractivity contribution in [2.24, 2.45) is 5.92 Å². The van der Waals surface area contributed by atoms with E-state index in [1.807, 2.05) is 13.8 Å². The molecule has 0 aliphatic heterocycles. The Hall–Kier alpha value is -1.62. The average molecular weight is 271 g/mol. The number of hydrogen-bond donors (Lipinski definition) is 1. The molecule has 1 rings (SSSR count). The number of nitrogens with zero attached hydrogens (tertiary/aromatic N) is 1. The Kier molecular flexibility index (Phi) is 5.09. The van der Waals surface area contributed by atoms with Gasteiger partial charge in [-0.15, -0.1) is 11.6 Å². The molecule has 2 atom stereocenters. The molecule has 0 aromatic heterocycles. The molecule has 1 N–H and O–H groups in total. The van der Waals surface area contributed by atoms with Gasteiger partial charge in [0.05, 0.1) is 4.92 Å². The maximum atomic E-state index is 11.8. The normalized spacial score (nSPS) is 13.7. The van der Waals surface area contributed by atoms with Gasteiger partial charge in [0, 0.05) is 29.6 Å². The third-order valence-corrected chi connectivity index (χ3v) is 3.28. The Morgan fingerprint density at radius 1 is 1.39 bits per heavy atom. The Balaban J connectivity index is 2.70. The van der Waals surface area contributed by atoms with Crippen molar-refractivity contribution < 1.29 is 9.72 Å². The Labute approximate surface area is 110 Å². The quantitative estimate of drug-likeness (QED) is 0.508. The molecule has 1 aromatic rings. The van der Waals surface area contributed by atoms with Crippen LogP contribution in [0.1, 0.15) is 24.2 Å². The van der Waals surface area contributed by atoms with E-state index in [4.69, 9.17) is 11.6 Å². The summed E-state index contributed by atoms with van der Waals surface area (Å²) in [6.45, 7) is 3.81. The number of benzene rings is 1. The van der Waals surface area contributed by atoms with Gasteiger partial charge in [-0.05, 0) is 25.0 Å². The van der Waals surface area contributed by atoms with Crippen LogP contribution in [0.25, 0.3) is 0 Å². The lowest BCUT2D eigenvalue weighted by Gasteiger charge is -2.18. The predicted molar refractivity (Wildman–Crippen MR) is 69.9 cm³/mol. The van der Waals surface area contributed by atoms with Gasteiger partial charge in [-0.25, -0.2) is 0 Å². The number of hydrogen-bond acceptors (Lipinski definition) is 3. The summed E-state index contributed by atoms with van der Waals surface area (Å²) in [5.74, 6) is 0.366. The van der Waals surface area contributed by atoms with Crippen molar-refractivity contribution in [3.8, 4) is 0 Å². The molecule has 6 heteroatoms. The van der Waals surface area contributed by atoms with Crippen molar-refractivity contribution in [2.45, 2.75) is 19.9 Å². The largest absolute Gasteiger partial charge is 0.349 e. The molecule has 0 fully saturated rings. The summed E-state index contributed by atoms with van der Waals surface area (Å²) in [7, 11) is 0. The fraction of sp³-hybridized carbons (Fsp3) is 0.417. The topological polar surface area (TPSA) is 72.2 Å². The van der Waals surface area contributed by atoms with Crippen molar-refractivity contribution in [3.63, 3.8) is 0 Å². The molecule has 0 radical (unpaired) electrons. The van der Waals surface area contributed by atoms with Crippen LogP contribution in [-0.2, 0) is 0 Å². The fourth-order valence-electron chi connectivity index (χ4n) is 1.30. The summed E-state index contributed by atoms with van der Waals surface area (Å²) >= 11 is 5.71. The van der Waals surface area contributed by atoms with Gasteiger partial charge in [-0.2, -0.15) is 0 Å². The lowest BCUT2D eigenvalue weighted by atomic mass is 10.1. The van der Waals surface area contributed by atoms with Crippen LogP contribution in [0.2, 0.25) is 0 Å². The van der Waals surface area contributed by atoms with Gasteiger partial charge in [0.1, 0.15) is 0 Å². The molecule has 0 spiro atoms. The molecule has 1 aromatic carbocycles. The zero-order valence-corrected chi connectivity index (χ0v) is 11.0. The zero-order chi connectivity index (χ0) is 13.7. The van der Waals surface area contributed by atoms with Gasteiger partial charge in [0.2, 0.25) is 0 Å². The van der Waals surface area contributed by atoms with E-state index in [0.717, 1.165) is 0 Å². The molecule has 0 heterocycles. The van der Waals surface area contributed by atoms with E-state index in [2.05, 4.69) is 5.32 Å². The summed E-state index contributed by atoms with van der Waals surface area (Å²) in [6, 6.07) is 5.44. The molecule has 2 unspecified atom stereocenters. The fourth-order valence-corrected chi connectivity index (χ4v) is 1.57. The third kappa shape index (κ3) is 3.70. The van der Waals surface area contributed by atoms with Crippen LogP contribution in [0.4, 0.5) is 5.69 Å². The molecular weight excluding hydrogens is 256 g/mol. The highest BCUT2D eigenvalue weighted by Crippen LogP contribution is 2.12. The number of halogens is 1. The van der Waals surface area contributed by atoms with Gasteiger partial charge in [-0.3, -0.25) is 14.9 Å². The first-order chi connectivity index (χ1) is 8.45. The van der Waals surface area contributed by atoms with Crippen molar-refractivity contribution >= 4 is 23.2 Å². The second-order valence-corrected chi connectivity index (χ2v) is 4.51. The minimum absolute atomic E-state index is 0.0336. The summed E-state index contributed by atoms with van der Waals surface area (Å²) in [5.41, 5.74) is 0.364. The number of amides is 1.